The fraction of sp³-hybridized carbons (Fsp3) is 0.333. The first kappa shape index (κ1) is 23.9. The van der Waals surface area contributed by atoms with Crippen molar-refractivity contribution in [3.63, 3.8) is 0 Å². The highest BCUT2D eigenvalue weighted by Crippen LogP contribution is 2.27. The van der Waals surface area contributed by atoms with E-state index in [1.807, 2.05) is 0 Å². The molecule has 1 aliphatic rings. The summed E-state index contributed by atoms with van der Waals surface area (Å²) in [6, 6.07) is 11.8. The van der Waals surface area contributed by atoms with Gasteiger partial charge < -0.3 is 14.2 Å². The van der Waals surface area contributed by atoms with Gasteiger partial charge in [-0.15, -0.1) is 0 Å². The van der Waals surface area contributed by atoms with Crippen molar-refractivity contribution in [2.24, 2.45) is 0 Å². The summed E-state index contributed by atoms with van der Waals surface area (Å²) >= 11 is 0. The van der Waals surface area contributed by atoms with Crippen molar-refractivity contribution < 1.29 is 32.2 Å². The van der Waals surface area contributed by atoms with E-state index in [0.29, 0.717) is 54.1 Å². The standard InChI is InChI=1S/C24H26N2O7S/c1-31-22-9-8-18(34(29,30)25-11-13-33-14-12-25)15-17(22)7-10-23(27)26-16-20(24(28)32-2)19-5-3-4-6-21(19)26/h3-6,8-9,15-16H,7,10-14H2,1-2H3. The number of para-hydroxylation sites is 1. The average Bonchev–Trinajstić information content (AvgIpc) is 3.27. The lowest BCUT2D eigenvalue weighted by atomic mass is 10.1. The lowest BCUT2D eigenvalue weighted by molar-refractivity contribution is 0.0603. The number of methoxy groups -OCH3 is 2. The minimum absolute atomic E-state index is 0.0801. The second-order valence-electron chi connectivity index (χ2n) is 7.81. The predicted molar refractivity (Wildman–Crippen MR) is 125 cm³/mol. The summed E-state index contributed by atoms with van der Waals surface area (Å²) < 4.78 is 44.4. The minimum Gasteiger partial charge on any atom is -0.496 e. The third-order valence-electron chi connectivity index (χ3n) is 5.85. The number of morpholine rings is 1. The molecule has 0 bridgehead atoms. The molecular weight excluding hydrogens is 460 g/mol. The number of sulfonamides is 1. The van der Waals surface area contributed by atoms with Gasteiger partial charge in [0.15, 0.2) is 0 Å². The molecule has 1 fully saturated rings. The molecule has 1 aliphatic heterocycles. The Bertz CT molecular complexity index is 1320. The number of ether oxygens (including phenoxy) is 3. The van der Waals surface area contributed by atoms with Crippen LogP contribution in [-0.4, -0.2) is 69.7 Å². The molecule has 0 spiro atoms. The van der Waals surface area contributed by atoms with E-state index in [0.717, 1.165) is 0 Å². The van der Waals surface area contributed by atoms with Gasteiger partial charge in [-0.25, -0.2) is 13.2 Å². The zero-order chi connectivity index (χ0) is 24.3. The Morgan fingerprint density at radius 1 is 1.06 bits per heavy atom. The Hall–Kier alpha value is -3.21. The molecule has 0 saturated carbocycles. The van der Waals surface area contributed by atoms with Gasteiger partial charge in [-0.3, -0.25) is 9.36 Å². The molecule has 2 heterocycles. The van der Waals surface area contributed by atoms with Crippen LogP contribution in [0.1, 0.15) is 27.1 Å². The van der Waals surface area contributed by atoms with Crippen LogP contribution in [0.2, 0.25) is 0 Å². The highest BCUT2D eigenvalue weighted by atomic mass is 32.2. The maximum Gasteiger partial charge on any atom is 0.340 e. The third-order valence-corrected chi connectivity index (χ3v) is 7.75. The number of hydrogen-bond acceptors (Lipinski definition) is 7. The molecule has 0 aliphatic carbocycles. The van der Waals surface area contributed by atoms with Crippen LogP contribution in [-0.2, 0) is 25.9 Å². The molecule has 0 atom stereocenters. The SMILES string of the molecule is COC(=O)c1cn(C(=O)CCc2cc(S(=O)(=O)N3CCOCC3)ccc2OC)c2ccccc12. The van der Waals surface area contributed by atoms with Crippen molar-refractivity contribution in [1.82, 2.24) is 8.87 Å². The van der Waals surface area contributed by atoms with Crippen molar-refractivity contribution in [2.45, 2.75) is 17.7 Å². The summed E-state index contributed by atoms with van der Waals surface area (Å²) in [6.45, 7) is 1.31. The fourth-order valence-electron chi connectivity index (χ4n) is 4.07. The van der Waals surface area contributed by atoms with Crippen LogP contribution < -0.4 is 4.74 Å². The van der Waals surface area contributed by atoms with Crippen molar-refractivity contribution in [1.29, 1.82) is 0 Å². The van der Waals surface area contributed by atoms with Crippen LogP contribution in [0, 0.1) is 0 Å². The lowest BCUT2D eigenvalue weighted by Gasteiger charge is -2.26. The molecule has 1 saturated heterocycles. The number of aryl methyl sites for hydroxylation is 1. The molecule has 0 unspecified atom stereocenters. The van der Waals surface area contributed by atoms with Gasteiger partial charge in [-0.2, -0.15) is 4.31 Å². The van der Waals surface area contributed by atoms with Gasteiger partial charge in [0.25, 0.3) is 0 Å². The van der Waals surface area contributed by atoms with Gasteiger partial charge in [0.05, 0.1) is 43.4 Å². The molecule has 0 N–H and O–H groups in total. The van der Waals surface area contributed by atoms with E-state index < -0.39 is 16.0 Å². The Morgan fingerprint density at radius 2 is 1.79 bits per heavy atom. The predicted octanol–water partition coefficient (Wildman–Crippen LogP) is 2.73. The molecule has 0 radical (unpaired) electrons. The van der Waals surface area contributed by atoms with E-state index in [4.69, 9.17) is 14.2 Å². The number of aromatic nitrogens is 1. The monoisotopic (exact) mass is 486 g/mol. The topological polar surface area (TPSA) is 104 Å². The van der Waals surface area contributed by atoms with Crippen LogP contribution in [0.4, 0.5) is 0 Å². The van der Waals surface area contributed by atoms with Gasteiger partial charge in [0, 0.05) is 31.1 Å². The number of carbonyl (C=O) groups excluding carboxylic acids is 2. The lowest BCUT2D eigenvalue weighted by Crippen LogP contribution is -2.40. The number of hydrogen-bond donors (Lipinski definition) is 0. The number of fused-ring (bicyclic) bond motifs is 1. The van der Waals surface area contributed by atoms with Gasteiger partial charge in [-0.05, 0) is 36.2 Å². The van der Waals surface area contributed by atoms with Crippen molar-refractivity contribution >= 4 is 32.8 Å². The molecule has 1 aromatic heterocycles. The number of benzene rings is 2. The van der Waals surface area contributed by atoms with Gasteiger partial charge >= 0.3 is 5.97 Å². The van der Waals surface area contributed by atoms with Crippen LogP contribution in [0.25, 0.3) is 10.9 Å². The van der Waals surface area contributed by atoms with E-state index in [1.165, 1.54) is 35.4 Å². The summed E-state index contributed by atoms with van der Waals surface area (Å²) in [4.78, 5) is 25.4. The molecular formula is C24H26N2O7S. The van der Waals surface area contributed by atoms with Gasteiger partial charge in [0.2, 0.25) is 15.9 Å². The normalized spacial score (nSPS) is 14.8. The van der Waals surface area contributed by atoms with Crippen LogP contribution >= 0.6 is 0 Å². The summed E-state index contributed by atoms with van der Waals surface area (Å²) in [7, 11) is -0.891. The molecule has 10 heteroatoms. The second-order valence-corrected chi connectivity index (χ2v) is 9.74. The summed E-state index contributed by atoms with van der Waals surface area (Å²) in [5.41, 5.74) is 1.51. The second kappa shape index (κ2) is 9.96. The Labute approximate surface area is 197 Å². The minimum atomic E-state index is -3.68. The maximum atomic E-state index is 13.1. The largest absolute Gasteiger partial charge is 0.496 e. The summed E-state index contributed by atoms with van der Waals surface area (Å²) in [5, 5.41) is 0.624. The third kappa shape index (κ3) is 4.56. The maximum absolute atomic E-state index is 13.1. The molecule has 180 valence electrons. The Morgan fingerprint density at radius 3 is 2.50 bits per heavy atom. The van der Waals surface area contributed by atoms with Gasteiger partial charge in [0.1, 0.15) is 5.75 Å². The van der Waals surface area contributed by atoms with Crippen molar-refractivity contribution in [3.05, 3.63) is 59.8 Å². The first-order valence-electron chi connectivity index (χ1n) is 10.8. The smallest absolute Gasteiger partial charge is 0.340 e. The van der Waals surface area contributed by atoms with Crippen molar-refractivity contribution in [2.75, 3.05) is 40.5 Å². The van der Waals surface area contributed by atoms with E-state index >= 15 is 0 Å². The highest BCUT2D eigenvalue weighted by Gasteiger charge is 2.27. The van der Waals surface area contributed by atoms with Crippen LogP contribution in [0.3, 0.4) is 0 Å². The van der Waals surface area contributed by atoms with Crippen LogP contribution in [0.5, 0.6) is 5.75 Å². The molecule has 34 heavy (non-hydrogen) atoms. The zero-order valence-electron chi connectivity index (χ0n) is 19.0. The Balaban J connectivity index is 1.60. The molecule has 4 rings (SSSR count). The van der Waals surface area contributed by atoms with Crippen molar-refractivity contribution in [3.8, 4) is 5.75 Å². The number of carbonyl (C=O) groups is 2. The molecule has 2 aromatic carbocycles. The van der Waals surface area contributed by atoms with E-state index in [9.17, 15) is 18.0 Å². The average molecular weight is 487 g/mol. The van der Waals surface area contributed by atoms with Gasteiger partial charge in [-0.1, -0.05) is 18.2 Å². The summed E-state index contributed by atoms with van der Waals surface area (Å²) in [5.74, 6) is -0.262. The number of rotatable bonds is 7. The fourth-order valence-corrected chi connectivity index (χ4v) is 5.53. The first-order chi connectivity index (χ1) is 16.4. The molecule has 9 nitrogen and oxygen atoms in total. The number of esters is 1. The van der Waals surface area contributed by atoms with E-state index in [1.54, 1.807) is 36.4 Å². The quantitative estimate of drug-likeness (QED) is 0.473. The zero-order valence-corrected chi connectivity index (χ0v) is 19.8. The summed E-state index contributed by atoms with van der Waals surface area (Å²) in [6.07, 6.45) is 1.82. The first-order valence-corrected chi connectivity index (χ1v) is 12.3. The van der Waals surface area contributed by atoms with Crippen LogP contribution in [0.15, 0.2) is 53.6 Å². The Kier molecular flexibility index (Phi) is 7.01. The molecule has 0 amide bonds. The number of nitrogens with zero attached hydrogens (tertiary/aromatic N) is 2. The molecule has 3 aromatic rings. The van der Waals surface area contributed by atoms with E-state index in [-0.39, 0.29) is 23.6 Å². The highest BCUT2D eigenvalue weighted by molar-refractivity contribution is 7.89. The van der Waals surface area contributed by atoms with E-state index in [2.05, 4.69) is 0 Å².